The van der Waals surface area contributed by atoms with Gasteiger partial charge in [-0.25, -0.2) is 4.98 Å². The van der Waals surface area contributed by atoms with Crippen LogP contribution in [0.3, 0.4) is 0 Å². The average Bonchev–Trinajstić information content (AvgIpc) is 2.76. The zero-order valence-corrected chi connectivity index (χ0v) is 13.3. The molecule has 1 aliphatic carbocycles. The second kappa shape index (κ2) is 6.60. The number of aromatic nitrogens is 2. The van der Waals surface area contributed by atoms with Crippen LogP contribution in [0.2, 0.25) is 0 Å². The molecule has 0 saturated heterocycles. The van der Waals surface area contributed by atoms with Crippen LogP contribution in [0.5, 0.6) is 0 Å². The van der Waals surface area contributed by atoms with E-state index in [2.05, 4.69) is 9.97 Å². The highest BCUT2D eigenvalue weighted by Gasteiger charge is 2.17. The van der Waals surface area contributed by atoms with Crippen molar-refractivity contribution in [3.8, 4) is 0 Å². The molecule has 0 atom stereocenters. The Kier molecular flexibility index (Phi) is 4.58. The Morgan fingerprint density at radius 2 is 1.38 bits per heavy atom. The predicted octanol–water partition coefficient (Wildman–Crippen LogP) is 4.08. The van der Waals surface area contributed by atoms with Crippen molar-refractivity contribution < 1.29 is 0 Å². The van der Waals surface area contributed by atoms with Crippen molar-refractivity contribution in [1.29, 1.82) is 0 Å². The first-order chi connectivity index (χ1) is 10.3. The summed E-state index contributed by atoms with van der Waals surface area (Å²) in [6.07, 6.45) is 12.9. The lowest BCUT2D eigenvalue weighted by molar-refractivity contribution is 0.562. The average molecular weight is 304 g/mol. The number of nitrogens with zero attached hydrogens (tertiary/aromatic N) is 2. The Morgan fingerprint density at radius 3 is 2.10 bits per heavy atom. The van der Waals surface area contributed by atoms with Gasteiger partial charge in [0.05, 0.1) is 5.39 Å². The van der Waals surface area contributed by atoms with Crippen LogP contribution in [0.1, 0.15) is 61.8 Å². The third-order valence-corrected chi connectivity index (χ3v) is 5.55. The van der Waals surface area contributed by atoms with Crippen LogP contribution in [0, 0.1) is 0 Å². The van der Waals surface area contributed by atoms with Gasteiger partial charge in [0, 0.05) is 4.88 Å². The fourth-order valence-corrected chi connectivity index (χ4v) is 4.54. The molecule has 114 valence electrons. The molecule has 2 heterocycles. The summed E-state index contributed by atoms with van der Waals surface area (Å²) in [6, 6.07) is 0. The molecule has 2 aromatic heterocycles. The number of nitrogens with two attached hydrogens (primary N) is 2. The number of hydrogen-bond donors (Lipinski definition) is 2. The monoisotopic (exact) mass is 304 g/mol. The molecule has 0 bridgehead atoms. The molecule has 4 nitrogen and oxygen atoms in total. The summed E-state index contributed by atoms with van der Waals surface area (Å²) in [4.78, 5) is 11.0. The highest BCUT2D eigenvalue weighted by Crippen LogP contribution is 2.36. The van der Waals surface area contributed by atoms with Gasteiger partial charge in [0.2, 0.25) is 5.95 Å². The zero-order valence-electron chi connectivity index (χ0n) is 12.5. The number of aryl methyl sites for hydroxylation is 2. The normalized spacial score (nSPS) is 17.9. The molecule has 5 heteroatoms. The molecule has 4 N–H and O–H groups in total. The predicted molar refractivity (Wildman–Crippen MR) is 90.6 cm³/mol. The molecule has 0 spiro atoms. The van der Waals surface area contributed by atoms with Gasteiger partial charge in [0.15, 0.2) is 0 Å². The number of rotatable bonds is 0. The number of thiophene rings is 1. The summed E-state index contributed by atoms with van der Waals surface area (Å²) >= 11 is 1.77. The zero-order chi connectivity index (χ0) is 14.7. The number of hydrogen-bond acceptors (Lipinski definition) is 5. The summed E-state index contributed by atoms with van der Waals surface area (Å²) in [6.45, 7) is 0. The molecule has 3 rings (SSSR count). The minimum absolute atomic E-state index is 0.289. The maximum Gasteiger partial charge on any atom is 0.223 e. The maximum atomic E-state index is 6.12. The second-order valence-electron chi connectivity index (χ2n) is 5.98. The minimum Gasteiger partial charge on any atom is -0.383 e. The van der Waals surface area contributed by atoms with Gasteiger partial charge in [-0.3, -0.25) is 0 Å². The quantitative estimate of drug-likeness (QED) is 0.769. The van der Waals surface area contributed by atoms with Gasteiger partial charge in [-0.2, -0.15) is 4.98 Å². The first-order valence-corrected chi connectivity index (χ1v) is 8.90. The van der Waals surface area contributed by atoms with Crippen molar-refractivity contribution >= 4 is 33.3 Å². The van der Waals surface area contributed by atoms with E-state index in [0.29, 0.717) is 5.82 Å². The van der Waals surface area contributed by atoms with Crippen molar-refractivity contribution in [2.24, 2.45) is 0 Å². The lowest BCUT2D eigenvalue weighted by Gasteiger charge is -2.08. The molecule has 2 aromatic rings. The standard InChI is InChI=1S/C16H24N4S/c17-14-13-11-9-7-5-3-1-2-4-6-8-10-12(11)21-15(13)20-16(18)19-14/h1-10H2,(H4,17,18,19,20). The Morgan fingerprint density at radius 1 is 0.762 bits per heavy atom. The second-order valence-corrected chi connectivity index (χ2v) is 7.06. The van der Waals surface area contributed by atoms with Gasteiger partial charge in [0.25, 0.3) is 0 Å². The van der Waals surface area contributed by atoms with Crippen LogP contribution in [0.15, 0.2) is 0 Å². The number of fused-ring (bicyclic) bond motifs is 3. The van der Waals surface area contributed by atoms with Crippen LogP contribution >= 0.6 is 11.3 Å². The molecule has 0 radical (unpaired) electrons. The first kappa shape index (κ1) is 14.6. The summed E-state index contributed by atoms with van der Waals surface area (Å²) in [5.41, 5.74) is 13.3. The van der Waals surface area contributed by atoms with Crippen LogP contribution in [0.25, 0.3) is 10.2 Å². The summed E-state index contributed by atoms with van der Waals surface area (Å²) in [5, 5.41) is 1.07. The smallest absolute Gasteiger partial charge is 0.223 e. The maximum absolute atomic E-state index is 6.12. The van der Waals surface area contributed by atoms with Gasteiger partial charge in [-0.1, -0.05) is 38.5 Å². The highest BCUT2D eigenvalue weighted by atomic mass is 32.1. The SMILES string of the molecule is Nc1nc(N)c2c3c(sc2n1)CCCCCCCCCC3. The Hall–Kier alpha value is -1.36. The van der Waals surface area contributed by atoms with E-state index in [9.17, 15) is 0 Å². The van der Waals surface area contributed by atoms with Gasteiger partial charge in [-0.15, -0.1) is 11.3 Å². The molecule has 0 unspecified atom stereocenters. The minimum atomic E-state index is 0.289. The Labute approximate surface area is 130 Å². The van der Waals surface area contributed by atoms with Gasteiger partial charge < -0.3 is 11.5 Å². The van der Waals surface area contributed by atoms with Crippen LogP contribution < -0.4 is 11.5 Å². The van der Waals surface area contributed by atoms with Crippen molar-refractivity contribution in [3.05, 3.63) is 10.4 Å². The molecule has 0 aliphatic heterocycles. The van der Waals surface area contributed by atoms with Gasteiger partial charge in [-0.05, 0) is 31.2 Å². The largest absolute Gasteiger partial charge is 0.383 e. The lowest BCUT2D eigenvalue weighted by Crippen LogP contribution is -2.01. The Bertz CT molecular complexity index is 620. The summed E-state index contributed by atoms with van der Waals surface area (Å²) < 4.78 is 0. The van der Waals surface area contributed by atoms with E-state index in [0.717, 1.165) is 23.1 Å². The van der Waals surface area contributed by atoms with Crippen LogP contribution in [-0.2, 0) is 12.8 Å². The van der Waals surface area contributed by atoms with Crippen LogP contribution in [-0.4, -0.2) is 9.97 Å². The molecular formula is C16H24N4S. The number of anilines is 2. The molecule has 1 aliphatic rings. The van der Waals surface area contributed by atoms with E-state index in [1.165, 1.54) is 61.8 Å². The van der Waals surface area contributed by atoms with E-state index in [1.807, 2.05) is 0 Å². The fraction of sp³-hybridized carbons (Fsp3) is 0.625. The van der Waals surface area contributed by atoms with E-state index < -0.39 is 0 Å². The third-order valence-electron chi connectivity index (χ3n) is 4.36. The first-order valence-electron chi connectivity index (χ1n) is 8.09. The van der Waals surface area contributed by atoms with Crippen molar-refractivity contribution in [3.63, 3.8) is 0 Å². The fourth-order valence-electron chi connectivity index (χ4n) is 3.26. The van der Waals surface area contributed by atoms with Crippen molar-refractivity contribution in [2.45, 2.75) is 64.2 Å². The van der Waals surface area contributed by atoms with E-state index in [1.54, 1.807) is 11.3 Å². The van der Waals surface area contributed by atoms with Gasteiger partial charge in [0.1, 0.15) is 10.6 Å². The van der Waals surface area contributed by atoms with Gasteiger partial charge >= 0.3 is 0 Å². The van der Waals surface area contributed by atoms with E-state index in [4.69, 9.17) is 11.5 Å². The van der Waals surface area contributed by atoms with E-state index in [-0.39, 0.29) is 5.95 Å². The topological polar surface area (TPSA) is 77.8 Å². The Balaban J connectivity index is 1.97. The molecule has 0 amide bonds. The van der Waals surface area contributed by atoms with Crippen molar-refractivity contribution in [2.75, 3.05) is 11.5 Å². The molecule has 0 saturated carbocycles. The third kappa shape index (κ3) is 3.28. The number of nitrogen functional groups attached to an aromatic ring is 2. The molecule has 21 heavy (non-hydrogen) atoms. The molecule has 0 fully saturated rings. The van der Waals surface area contributed by atoms with Crippen molar-refractivity contribution in [1.82, 2.24) is 9.97 Å². The summed E-state index contributed by atoms with van der Waals surface area (Å²) in [7, 11) is 0. The molecule has 0 aromatic carbocycles. The lowest BCUT2D eigenvalue weighted by atomic mass is 9.99. The van der Waals surface area contributed by atoms with E-state index >= 15 is 0 Å². The molecular weight excluding hydrogens is 280 g/mol. The van der Waals surface area contributed by atoms with Crippen LogP contribution in [0.4, 0.5) is 11.8 Å². The highest BCUT2D eigenvalue weighted by molar-refractivity contribution is 7.19. The summed E-state index contributed by atoms with van der Waals surface area (Å²) in [5.74, 6) is 0.847.